The van der Waals surface area contributed by atoms with Crippen LogP contribution in [0.5, 0.6) is 5.75 Å². The number of fused-ring (bicyclic) bond motifs is 1. The Morgan fingerprint density at radius 2 is 1.75 bits per heavy atom. The molecule has 0 bridgehead atoms. The van der Waals surface area contributed by atoms with Gasteiger partial charge in [-0.1, -0.05) is 11.6 Å². The van der Waals surface area contributed by atoms with Crippen LogP contribution in [0.2, 0.25) is 5.02 Å². The van der Waals surface area contributed by atoms with Gasteiger partial charge in [0.15, 0.2) is 0 Å². The highest BCUT2D eigenvalue weighted by Gasteiger charge is 2.43. The summed E-state index contributed by atoms with van der Waals surface area (Å²) in [5.41, 5.74) is -0.639. The fourth-order valence-corrected chi connectivity index (χ4v) is 5.41. The maximum Gasteiger partial charge on any atom is 0.471 e. The lowest BCUT2D eigenvalue weighted by Gasteiger charge is -2.36. The van der Waals surface area contributed by atoms with Gasteiger partial charge in [-0.25, -0.2) is 8.78 Å². The summed E-state index contributed by atoms with van der Waals surface area (Å²) in [4.78, 5) is 13.4. The molecular weight excluding hydrogens is 535 g/mol. The van der Waals surface area contributed by atoms with Crippen molar-refractivity contribution in [3.8, 4) is 5.75 Å². The number of ether oxygens (including phenoxy) is 1. The van der Waals surface area contributed by atoms with Gasteiger partial charge in [-0.15, -0.1) is 0 Å². The largest absolute Gasteiger partial charge is 0.495 e. The van der Waals surface area contributed by atoms with E-state index in [0.29, 0.717) is 8.99 Å². The van der Waals surface area contributed by atoms with Crippen molar-refractivity contribution in [2.24, 2.45) is 0 Å². The zero-order valence-electron chi connectivity index (χ0n) is 18.5. The number of aromatic nitrogens is 2. The van der Waals surface area contributed by atoms with E-state index < -0.39 is 34.2 Å². The lowest BCUT2D eigenvalue weighted by atomic mass is 10.2. The summed E-state index contributed by atoms with van der Waals surface area (Å²) in [5.74, 6) is -1.73. The van der Waals surface area contributed by atoms with Gasteiger partial charge in [-0.3, -0.25) is 4.79 Å². The Bertz CT molecular complexity index is 1420. The van der Waals surface area contributed by atoms with Crippen molar-refractivity contribution in [2.45, 2.75) is 17.5 Å². The molecule has 1 aromatic heterocycles. The van der Waals surface area contributed by atoms with Gasteiger partial charge in [0.2, 0.25) is 0 Å². The molecule has 8 nitrogen and oxygen atoms in total. The Morgan fingerprint density at radius 3 is 2.33 bits per heavy atom. The van der Waals surface area contributed by atoms with E-state index in [9.17, 15) is 35.2 Å². The number of piperazine rings is 1. The maximum atomic E-state index is 13.5. The Morgan fingerprint density at radius 1 is 1.08 bits per heavy atom. The summed E-state index contributed by atoms with van der Waals surface area (Å²) in [7, 11) is -3.18. The van der Waals surface area contributed by atoms with E-state index in [2.05, 4.69) is 5.10 Å². The zero-order chi connectivity index (χ0) is 26.4. The van der Waals surface area contributed by atoms with E-state index in [4.69, 9.17) is 16.3 Å². The molecule has 1 aliphatic heterocycles. The van der Waals surface area contributed by atoms with Crippen LogP contribution in [-0.2, 0) is 14.8 Å². The van der Waals surface area contributed by atoms with E-state index in [1.54, 1.807) is 4.90 Å². The minimum Gasteiger partial charge on any atom is -0.495 e. The number of amides is 1. The second kappa shape index (κ2) is 9.39. The first-order valence-corrected chi connectivity index (χ1v) is 12.2. The number of nitrogens with zero attached hydrogens (tertiary/aromatic N) is 4. The minimum absolute atomic E-state index is 0.0302. The van der Waals surface area contributed by atoms with Crippen LogP contribution < -0.4 is 9.64 Å². The van der Waals surface area contributed by atoms with Crippen LogP contribution >= 0.6 is 11.6 Å². The number of methoxy groups -OCH3 is 1. The van der Waals surface area contributed by atoms with E-state index in [-0.39, 0.29) is 58.4 Å². The zero-order valence-corrected chi connectivity index (χ0v) is 20.0. The Hall–Kier alpha value is -3.13. The first-order chi connectivity index (χ1) is 16.8. The number of benzene rings is 2. The molecule has 1 amide bonds. The van der Waals surface area contributed by atoms with Gasteiger partial charge in [0, 0.05) is 36.6 Å². The molecule has 4 rings (SSSR count). The normalized spacial score (nSPS) is 15.1. The van der Waals surface area contributed by atoms with E-state index in [1.807, 2.05) is 0 Å². The molecule has 2 heterocycles. The standard InChI is InChI=1S/C21H18ClF5N4O4S/c1-35-17-5-3-13(11-16(17)29-6-8-30(9-7-29)20(32)21(25,26)27)36(33,34)31-15-10-12(22)2-4-14(15)18(28-31)19(23)24/h2-5,10-11,19H,6-9H2,1H3. The van der Waals surface area contributed by atoms with E-state index in [0.717, 1.165) is 0 Å². The Balaban J connectivity index is 1.72. The smallest absolute Gasteiger partial charge is 0.471 e. The fourth-order valence-electron chi connectivity index (χ4n) is 3.94. The molecule has 0 N–H and O–H groups in total. The van der Waals surface area contributed by atoms with Crippen molar-refractivity contribution in [1.82, 2.24) is 14.1 Å². The van der Waals surface area contributed by atoms with Crippen LogP contribution in [0.3, 0.4) is 0 Å². The molecule has 0 atom stereocenters. The van der Waals surface area contributed by atoms with Crippen molar-refractivity contribution >= 4 is 44.1 Å². The van der Waals surface area contributed by atoms with Crippen LogP contribution in [0, 0.1) is 0 Å². The number of alkyl halides is 5. The molecule has 0 saturated carbocycles. The second-order valence-corrected chi connectivity index (χ2v) is 10.0. The SMILES string of the molecule is COc1ccc(S(=O)(=O)n2nc(C(F)F)c3ccc(Cl)cc32)cc1N1CCN(C(=O)C(F)(F)F)CC1. The number of carbonyl (C=O) groups excluding carboxylic acids is 1. The summed E-state index contributed by atoms with van der Waals surface area (Å²) in [5, 5.41) is 3.67. The van der Waals surface area contributed by atoms with Gasteiger partial charge in [-0.2, -0.15) is 30.8 Å². The monoisotopic (exact) mass is 552 g/mol. The highest BCUT2D eigenvalue weighted by atomic mass is 35.5. The predicted octanol–water partition coefficient (Wildman–Crippen LogP) is 4.08. The molecule has 0 unspecified atom stereocenters. The quantitative estimate of drug-likeness (QED) is 0.444. The second-order valence-electron chi connectivity index (χ2n) is 7.81. The summed E-state index contributed by atoms with van der Waals surface area (Å²) in [6.07, 6.45) is -8.05. The van der Waals surface area contributed by atoms with Crippen molar-refractivity contribution < 1.29 is 39.9 Å². The van der Waals surface area contributed by atoms with Crippen LogP contribution in [0.15, 0.2) is 41.3 Å². The van der Waals surface area contributed by atoms with Gasteiger partial charge in [0.1, 0.15) is 11.4 Å². The molecule has 0 radical (unpaired) electrons. The van der Waals surface area contributed by atoms with Crippen molar-refractivity contribution in [1.29, 1.82) is 0 Å². The van der Waals surface area contributed by atoms with Gasteiger partial charge >= 0.3 is 12.1 Å². The Labute approximate surface area is 206 Å². The number of rotatable bonds is 5. The molecule has 0 spiro atoms. The molecule has 3 aromatic rings. The van der Waals surface area contributed by atoms with Crippen LogP contribution in [0.4, 0.5) is 27.6 Å². The van der Waals surface area contributed by atoms with E-state index >= 15 is 0 Å². The summed E-state index contributed by atoms with van der Waals surface area (Å²) in [6.45, 7) is -0.563. The third-order valence-corrected chi connectivity index (χ3v) is 7.49. The summed E-state index contributed by atoms with van der Waals surface area (Å²) >= 11 is 5.96. The first kappa shape index (κ1) is 25.9. The molecule has 0 aliphatic carbocycles. The summed E-state index contributed by atoms with van der Waals surface area (Å²) in [6, 6.07) is 7.54. The molecule has 194 valence electrons. The molecule has 36 heavy (non-hydrogen) atoms. The maximum absolute atomic E-state index is 13.5. The van der Waals surface area contributed by atoms with Crippen molar-refractivity contribution in [2.75, 3.05) is 38.2 Å². The highest BCUT2D eigenvalue weighted by Crippen LogP contribution is 2.35. The summed E-state index contributed by atoms with van der Waals surface area (Å²) < 4.78 is 98.0. The molecule has 2 aromatic carbocycles. The van der Waals surface area contributed by atoms with Crippen molar-refractivity contribution in [3.63, 3.8) is 0 Å². The topological polar surface area (TPSA) is 84.7 Å². The fraction of sp³-hybridized carbons (Fsp3) is 0.333. The average molecular weight is 553 g/mol. The lowest BCUT2D eigenvalue weighted by molar-refractivity contribution is -0.185. The van der Waals surface area contributed by atoms with Crippen LogP contribution in [0.1, 0.15) is 12.1 Å². The third kappa shape index (κ3) is 4.66. The molecule has 1 fully saturated rings. The van der Waals surface area contributed by atoms with E-state index in [1.165, 1.54) is 43.5 Å². The number of anilines is 1. The van der Waals surface area contributed by atoms with Gasteiger partial charge in [0.05, 0.1) is 23.2 Å². The number of hydrogen-bond acceptors (Lipinski definition) is 6. The molecule has 1 saturated heterocycles. The lowest BCUT2D eigenvalue weighted by Crippen LogP contribution is -2.52. The molecule has 15 heteroatoms. The number of halogens is 6. The predicted molar refractivity (Wildman–Crippen MR) is 120 cm³/mol. The highest BCUT2D eigenvalue weighted by molar-refractivity contribution is 7.90. The van der Waals surface area contributed by atoms with Gasteiger partial charge < -0.3 is 14.5 Å². The molecular formula is C21H18ClF5N4O4S. The third-order valence-electron chi connectivity index (χ3n) is 5.67. The first-order valence-electron chi connectivity index (χ1n) is 10.4. The van der Waals surface area contributed by atoms with Crippen LogP contribution in [-0.4, -0.2) is 67.9 Å². The Kier molecular flexibility index (Phi) is 6.77. The van der Waals surface area contributed by atoms with Crippen LogP contribution in [0.25, 0.3) is 10.9 Å². The average Bonchev–Trinajstić information content (AvgIpc) is 3.22. The molecule has 1 aliphatic rings. The minimum atomic E-state index is -5.00. The van der Waals surface area contributed by atoms with Gasteiger partial charge in [0.25, 0.3) is 16.4 Å². The number of hydrogen-bond donors (Lipinski definition) is 0. The number of carbonyl (C=O) groups is 1. The van der Waals surface area contributed by atoms with Crippen molar-refractivity contribution in [3.05, 3.63) is 47.1 Å². The van der Waals surface area contributed by atoms with Gasteiger partial charge in [-0.05, 0) is 36.4 Å².